The molecule has 3 aliphatic rings. The molecule has 0 saturated heterocycles. The molecule has 9 heteroatoms. The van der Waals surface area contributed by atoms with Crippen LogP contribution >= 0.6 is 11.3 Å². The molecule has 0 unspecified atom stereocenters. The van der Waals surface area contributed by atoms with Crippen molar-refractivity contribution in [2.45, 2.75) is 65.2 Å². The van der Waals surface area contributed by atoms with Crippen LogP contribution in [0.4, 0.5) is 5.00 Å². The number of nitriles is 1. The summed E-state index contributed by atoms with van der Waals surface area (Å²) in [4.78, 5) is 30.3. The second-order valence-corrected chi connectivity index (χ2v) is 12.3. The van der Waals surface area contributed by atoms with Gasteiger partial charge in [-0.15, -0.1) is 11.3 Å². The van der Waals surface area contributed by atoms with E-state index < -0.39 is 11.9 Å². The molecule has 1 atom stereocenters. The van der Waals surface area contributed by atoms with Crippen molar-refractivity contribution >= 4 is 28.1 Å². The number of thiophene rings is 1. The number of fused-ring (bicyclic) bond motifs is 1. The molecule has 0 radical (unpaired) electrons. The summed E-state index contributed by atoms with van der Waals surface area (Å²) < 4.78 is 16.5. The zero-order valence-electron chi connectivity index (χ0n) is 23.7. The van der Waals surface area contributed by atoms with Gasteiger partial charge in [0.05, 0.1) is 44.0 Å². The first-order valence-electron chi connectivity index (χ1n) is 13.6. The molecule has 40 heavy (non-hydrogen) atoms. The number of aryl methyl sites for hydroxylation is 1. The van der Waals surface area contributed by atoms with Gasteiger partial charge in [-0.05, 0) is 67.7 Å². The molecular weight excluding hydrogens is 526 g/mol. The Morgan fingerprint density at radius 1 is 1.18 bits per heavy atom. The van der Waals surface area contributed by atoms with Crippen LogP contribution in [-0.2, 0) is 22.4 Å². The van der Waals surface area contributed by atoms with Crippen molar-refractivity contribution < 1.29 is 23.8 Å². The van der Waals surface area contributed by atoms with Gasteiger partial charge in [0.25, 0.3) is 0 Å². The van der Waals surface area contributed by atoms with E-state index >= 15 is 0 Å². The molecular formula is C31H35N3O5S. The molecule has 0 spiro atoms. The summed E-state index contributed by atoms with van der Waals surface area (Å²) in [5.41, 5.74) is 10.3. The van der Waals surface area contributed by atoms with Gasteiger partial charge in [0.1, 0.15) is 10.8 Å². The maximum Gasteiger partial charge on any atom is 0.341 e. The Morgan fingerprint density at radius 2 is 1.90 bits per heavy atom. The molecule has 2 N–H and O–H groups in total. The molecule has 0 fully saturated rings. The lowest BCUT2D eigenvalue weighted by Crippen LogP contribution is -2.42. The number of allylic oxidation sites excluding steroid dienone is 3. The van der Waals surface area contributed by atoms with Crippen LogP contribution in [0.15, 0.2) is 40.9 Å². The Hall–Kier alpha value is -3.77. The number of methoxy groups -OCH3 is 2. The molecule has 1 aromatic carbocycles. The van der Waals surface area contributed by atoms with E-state index in [1.807, 2.05) is 11.0 Å². The van der Waals surface area contributed by atoms with Crippen molar-refractivity contribution in [3.05, 3.63) is 62.4 Å². The van der Waals surface area contributed by atoms with E-state index in [1.54, 1.807) is 33.3 Å². The van der Waals surface area contributed by atoms with E-state index in [0.29, 0.717) is 46.0 Å². The fourth-order valence-corrected chi connectivity index (χ4v) is 7.64. The molecule has 0 bridgehead atoms. The first-order valence-corrected chi connectivity index (χ1v) is 14.5. The summed E-state index contributed by atoms with van der Waals surface area (Å²) in [5.74, 6) is 0.187. The number of nitrogens with zero attached hydrogens (tertiary/aromatic N) is 2. The highest BCUT2D eigenvalue weighted by Gasteiger charge is 2.46. The minimum absolute atomic E-state index is 0.0321. The summed E-state index contributed by atoms with van der Waals surface area (Å²) in [6, 6.07) is 7.74. The number of anilines is 1. The lowest BCUT2D eigenvalue weighted by atomic mass is 9.68. The number of ether oxygens (including phenoxy) is 3. The van der Waals surface area contributed by atoms with Gasteiger partial charge in [-0.1, -0.05) is 19.9 Å². The van der Waals surface area contributed by atoms with Crippen molar-refractivity contribution in [2.75, 3.05) is 25.7 Å². The fourth-order valence-electron chi connectivity index (χ4n) is 6.23. The van der Waals surface area contributed by atoms with Crippen LogP contribution < -0.4 is 20.1 Å². The number of carbonyl (C=O) groups is 2. The van der Waals surface area contributed by atoms with Crippen LogP contribution in [0.3, 0.4) is 0 Å². The minimum atomic E-state index is -0.666. The summed E-state index contributed by atoms with van der Waals surface area (Å²) in [6.45, 7) is 6.15. The van der Waals surface area contributed by atoms with Crippen LogP contribution in [0.2, 0.25) is 0 Å². The number of esters is 1. The van der Waals surface area contributed by atoms with Crippen molar-refractivity contribution in [3.8, 4) is 17.6 Å². The van der Waals surface area contributed by atoms with E-state index in [9.17, 15) is 14.9 Å². The van der Waals surface area contributed by atoms with Gasteiger partial charge in [0.2, 0.25) is 0 Å². The SMILES string of the molecule is CCOC(=O)c1c(N2C(N)=C(C#N)[C@@H](c3ccc(OC)c(OC)c3)C3=C2CC(C)(C)CC3=O)sc2c1CCCC2. The maximum atomic E-state index is 14.0. The monoisotopic (exact) mass is 561 g/mol. The lowest BCUT2D eigenvalue weighted by Gasteiger charge is -2.43. The summed E-state index contributed by atoms with van der Waals surface area (Å²) in [7, 11) is 3.11. The normalized spacial score (nSPS) is 20.1. The largest absolute Gasteiger partial charge is 0.493 e. The molecule has 2 aromatic rings. The van der Waals surface area contributed by atoms with E-state index in [2.05, 4.69) is 19.9 Å². The van der Waals surface area contributed by atoms with Crippen LogP contribution in [0.25, 0.3) is 0 Å². The third-order valence-electron chi connectivity index (χ3n) is 7.96. The predicted octanol–water partition coefficient (Wildman–Crippen LogP) is 5.76. The molecule has 2 heterocycles. The number of benzene rings is 1. The standard InChI is InChI=1S/C31H35N3O5S/c1-6-39-30(36)26-18-9-7-8-10-24(18)40-29(26)34-20-14-31(2,3)15-21(35)27(20)25(19(16-32)28(34)33)17-11-12-22(37-4)23(13-17)38-5/h11-13,25H,6-10,14-15,33H2,1-5H3/t25-/m1/s1. The molecule has 1 aromatic heterocycles. The van der Waals surface area contributed by atoms with E-state index in [0.717, 1.165) is 41.8 Å². The number of hydrogen-bond donors (Lipinski definition) is 1. The number of hydrogen-bond acceptors (Lipinski definition) is 9. The van der Waals surface area contributed by atoms with Gasteiger partial charge in [0, 0.05) is 22.6 Å². The minimum Gasteiger partial charge on any atom is -0.493 e. The zero-order chi connectivity index (χ0) is 28.8. The Bertz CT molecular complexity index is 1490. The maximum absolute atomic E-state index is 14.0. The van der Waals surface area contributed by atoms with Crippen molar-refractivity contribution in [2.24, 2.45) is 11.1 Å². The topological polar surface area (TPSA) is 115 Å². The summed E-state index contributed by atoms with van der Waals surface area (Å²) >= 11 is 1.52. The van der Waals surface area contributed by atoms with Gasteiger partial charge >= 0.3 is 5.97 Å². The van der Waals surface area contributed by atoms with Gasteiger partial charge < -0.3 is 19.9 Å². The van der Waals surface area contributed by atoms with Gasteiger partial charge in [0.15, 0.2) is 17.3 Å². The van der Waals surface area contributed by atoms with Crippen LogP contribution in [0.5, 0.6) is 11.5 Å². The number of ketones is 1. The number of nitrogens with two attached hydrogens (primary N) is 1. The second kappa shape index (κ2) is 10.7. The van der Waals surface area contributed by atoms with Crippen molar-refractivity contribution in [1.29, 1.82) is 5.26 Å². The summed E-state index contributed by atoms with van der Waals surface area (Å²) in [6.07, 6.45) is 4.60. The fraction of sp³-hybridized carbons (Fsp3) is 0.452. The highest BCUT2D eigenvalue weighted by atomic mass is 32.1. The Morgan fingerprint density at radius 3 is 2.58 bits per heavy atom. The van der Waals surface area contributed by atoms with Crippen LogP contribution in [0, 0.1) is 16.7 Å². The second-order valence-electron chi connectivity index (χ2n) is 11.2. The first kappa shape index (κ1) is 27.8. The van der Waals surface area contributed by atoms with E-state index in [4.69, 9.17) is 19.9 Å². The third kappa shape index (κ3) is 4.54. The molecule has 0 saturated carbocycles. The molecule has 1 aliphatic heterocycles. The molecule has 5 rings (SSSR count). The molecule has 0 amide bonds. The number of Topliss-reactive ketones (excluding diaryl/α,β-unsaturated/α-hetero) is 1. The number of rotatable bonds is 6. The average Bonchev–Trinajstić information content (AvgIpc) is 3.30. The Balaban J connectivity index is 1.79. The van der Waals surface area contributed by atoms with Crippen molar-refractivity contribution in [1.82, 2.24) is 0 Å². The van der Waals surface area contributed by atoms with Gasteiger partial charge in [-0.2, -0.15) is 5.26 Å². The highest BCUT2D eigenvalue weighted by Crippen LogP contribution is 2.53. The highest BCUT2D eigenvalue weighted by molar-refractivity contribution is 7.16. The zero-order valence-corrected chi connectivity index (χ0v) is 24.5. The number of carbonyl (C=O) groups excluding carboxylic acids is 2. The van der Waals surface area contributed by atoms with E-state index in [-0.39, 0.29) is 29.2 Å². The Kier molecular flexibility index (Phi) is 7.40. The smallest absolute Gasteiger partial charge is 0.341 e. The molecule has 8 nitrogen and oxygen atoms in total. The van der Waals surface area contributed by atoms with Crippen LogP contribution in [-0.4, -0.2) is 32.6 Å². The Labute approximate surface area is 239 Å². The molecule has 2 aliphatic carbocycles. The van der Waals surface area contributed by atoms with E-state index in [1.165, 1.54) is 11.3 Å². The van der Waals surface area contributed by atoms with Gasteiger partial charge in [-0.25, -0.2) is 4.79 Å². The molecule has 210 valence electrons. The van der Waals surface area contributed by atoms with Gasteiger partial charge in [-0.3, -0.25) is 9.69 Å². The average molecular weight is 562 g/mol. The third-order valence-corrected chi connectivity index (χ3v) is 9.23. The quantitative estimate of drug-likeness (QED) is 0.443. The first-order chi connectivity index (χ1) is 19.1. The predicted molar refractivity (Wildman–Crippen MR) is 154 cm³/mol. The lowest BCUT2D eigenvalue weighted by molar-refractivity contribution is -0.118. The summed E-state index contributed by atoms with van der Waals surface area (Å²) in [5, 5.41) is 11.1. The van der Waals surface area contributed by atoms with Crippen LogP contribution in [0.1, 0.15) is 78.7 Å². The van der Waals surface area contributed by atoms with Crippen molar-refractivity contribution in [3.63, 3.8) is 0 Å².